The maximum Gasteiger partial charge on any atom is 0.235 e. The predicted octanol–water partition coefficient (Wildman–Crippen LogP) is 0.530. The molecule has 0 atom stereocenters. The van der Waals surface area contributed by atoms with Crippen LogP contribution in [0.1, 0.15) is 0 Å². The lowest BCUT2D eigenvalue weighted by molar-refractivity contribution is 0.180. The Balaban J connectivity index is 2.82. The van der Waals surface area contributed by atoms with Crippen molar-refractivity contribution in [2.45, 2.75) is 0 Å². The van der Waals surface area contributed by atoms with Gasteiger partial charge in [-0.05, 0) is 0 Å². The SMILES string of the molecule is [B]C(=O)OCCCl. The minimum Gasteiger partial charge on any atom is -0.473 e. The first-order chi connectivity index (χ1) is 3.27. The monoisotopic (exact) mass is 118 g/mol. The molecule has 0 aliphatic rings. The molecule has 0 N–H and O–H groups in total. The van der Waals surface area contributed by atoms with Gasteiger partial charge in [0.15, 0.2) is 0 Å². The van der Waals surface area contributed by atoms with E-state index in [0.29, 0.717) is 5.88 Å². The van der Waals surface area contributed by atoms with Gasteiger partial charge in [0, 0.05) is 0 Å². The van der Waals surface area contributed by atoms with Crippen LogP contribution in [0.3, 0.4) is 0 Å². The van der Waals surface area contributed by atoms with E-state index < -0.39 is 5.87 Å². The van der Waals surface area contributed by atoms with E-state index >= 15 is 0 Å². The molecule has 0 saturated heterocycles. The second kappa shape index (κ2) is 4.00. The normalized spacial score (nSPS) is 8.14. The Morgan fingerprint density at radius 3 is 2.57 bits per heavy atom. The second-order valence-electron chi connectivity index (χ2n) is 0.856. The summed E-state index contributed by atoms with van der Waals surface area (Å²) >= 11 is 5.11. The number of hydrogen-bond acceptors (Lipinski definition) is 2. The summed E-state index contributed by atoms with van der Waals surface area (Å²) in [6.07, 6.45) is 0. The molecule has 0 aliphatic carbocycles. The molecule has 2 nitrogen and oxygen atoms in total. The van der Waals surface area contributed by atoms with Gasteiger partial charge >= 0.3 is 0 Å². The van der Waals surface area contributed by atoms with Crippen molar-refractivity contribution in [3.05, 3.63) is 0 Å². The molecule has 4 heteroatoms. The van der Waals surface area contributed by atoms with Gasteiger partial charge < -0.3 is 4.74 Å². The maximum absolute atomic E-state index is 9.70. The van der Waals surface area contributed by atoms with Crippen LogP contribution in [0.2, 0.25) is 0 Å². The van der Waals surface area contributed by atoms with Gasteiger partial charge in [-0.25, -0.2) is 0 Å². The lowest BCUT2D eigenvalue weighted by atomic mass is 10.2. The second-order valence-corrected chi connectivity index (χ2v) is 1.23. The van der Waals surface area contributed by atoms with Crippen LogP contribution >= 0.6 is 11.6 Å². The topological polar surface area (TPSA) is 26.3 Å². The van der Waals surface area contributed by atoms with Gasteiger partial charge in [0.2, 0.25) is 13.7 Å². The third kappa shape index (κ3) is 5.82. The third-order valence-corrected chi connectivity index (χ3v) is 0.476. The summed E-state index contributed by atoms with van der Waals surface area (Å²) in [5.41, 5.74) is 0. The molecule has 0 heterocycles. The van der Waals surface area contributed by atoms with E-state index in [1.807, 2.05) is 0 Å². The smallest absolute Gasteiger partial charge is 0.235 e. The molecule has 2 radical (unpaired) electrons. The van der Waals surface area contributed by atoms with Crippen LogP contribution in [-0.2, 0) is 4.74 Å². The summed E-state index contributed by atoms with van der Waals surface area (Å²) in [6.45, 7) is 0.191. The summed E-state index contributed by atoms with van der Waals surface area (Å²) in [6, 6.07) is 0. The molecule has 0 bridgehead atoms. The first kappa shape index (κ1) is 6.82. The fourth-order valence-corrected chi connectivity index (χ4v) is 0.216. The molecule has 0 aliphatic heterocycles. The van der Waals surface area contributed by atoms with Crippen molar-refractivity contribution in [2.75, 3.05) is 12.5 Å². The Labute approximate surface area is 48.2 Å². The number of halogens is 1. The number of alkyl halides is 1. The molecule has 0 saturated carbocycles. The minimum atomic E-state index is -0.777. The van der Waals surface area contributed by atoms with Gasteiger partial charge in [0.05, 0.1) is 5.88 Å². The van der Waals surface area contributed by atoms with E-state index in [-0.39, 0.29) is 6.61 Å². The molecule has 0 aromatic carbocycles. The Bertz CT molecular complexity index is 66.0. The zero-order valence-electron chi connectivity index (χ0n) is 3.69. The fraction of sp³-hybridized carbons (Fsp3) is 0.667. The van der Waals surface area contributed by atoms with Gasteiger partial charge in [-0.15, -0.1) is 11.6 Å². The highest BCUT2D eigenvalue weighted by Crippen LogP contribution is 1.77. The van der Waals surface area contributed by atoms with Crippen molar-refractivity contribution in [1.29, 1.82) is 0 Å². The largest absolute Gasteiger partial charge is 0.473 e. The van der Waals surface area contributed by atoms with Gasteiger partial charge in [-0.3, -0.25) is 4.79 Å². The van der Waals surface area contributed by atoms with E-state index in [2.05, 4.69) is 12.6 Å². The molecule has 0 rings (SSSR count). The average molecular weight is 118 g/mol. The molecule has 0 amide bonds. The average Bonchev–Trinajstić information content (AvgIpc) is 1.61. The summed E-state index contributed by atoms with van der Waals surface area (Å²) in [5.74, 6) is -0.483. The summed E-state index contributed by atoms with van der Waals surface area (Å²) in [7, 11) is 4.56. The van der Waals surface area contributed by atoms with E-state index in [1.165, 1.54) is 0 Å². The summed E-state index contributed by atoms with van der Waals surface area (Å²) < 4.78 is 4.20. The zero-order chi connectivity index (χ0) is 5.70. The van der Waals surface area contributed by atoms with Crippen molar-refractivity contribution in [3.8, 4) is 0 Å². The highest BCUT2D eigenvalue weighted by Gasteiger charge is 1.86. The molecule has 38 valence electrons. The quantitative estimate of drug-likeness (QED) is 0.390. The van der Waals surface area contributed by atoms with Crippen LogP contribution < -0.4 is 0 Å². The van der Waals surface area contributed by atoms with Crippen molar-refractivity contribution < 1.29 is 9.53 Å². The molecule has 0 unspecified atom stereocenters. The summed E-state index contributed by atoms with van der Waals surface area (Å²) in [5, 5.41) is 0. The lowest BCUT2D eigenvalue weighted by Crippen LogP contribution is -2.02. The predicted molar refractivity (Wildman–Crippen MR) is 27.8 cm³/mol. The number of carbonyl (C=O) groups is 1. The van der Waals surface area contributed by atoms with Crippen LogP contribution in [0.25, 0.3) is 0 Å². The molecule has 7 heavy (non-hydrogen) atoms. The maximum atomic E-state index is 9.70. The van der Waals surface area contributed by atoms with Crippen LogP contribution in [0, 0.1) is 0 Å². The van der Waals surface area contributed by atoms with Gasteiger partial charge in [0.25, 0.3) is 0 Å². The molecular formula is C3H4BClO2. The van der Waals surface area contributed by atoms with Crippen LogP contribution in [0.5, 0.6) is 0 Å². The first-order valence-electron chi connectivity index (χ1n) is 1.75. The van der Waals surface area contributed by atoms with Crippen molar-refractivity contribution in [1.82, 2.24) is 0 Å². The van der Waals surface area contributed by atoms with E-state index in [9.17, 15) is 4.79 Å². The van der Waals surface area contributed by atoms with E-state index in [0.717, 1.165) is 0 Å². The molecular weight excluding hydrogens is 114 g/mol. The van der Waals surface area contributed by atoms with E-state index in [1.54, 1.807) is 0 Å². The Kier molecular flexibility index (Phi) is 3.90. The fourth-order valence-electron chi connectivity index (χ4n) is 0.139. The Morgan fingerprint density at radius 2 is 2.43 bits per heavy atom. The van der Waals surface area contributed by atoms with Gasteiger partial charge in [-0.1, -0.05) is 0 Å². The van der Waals surface area contributed by atoms with Crippen molar-refractivity contribution in [3.63, 3.8) is 0 Å². The number of rotatable bonds is 2. The third-order valence-electron chi connectivity index (χ3n) is 0.321. The number of carbonyl (C=O) groups excluding carboxylic acids is 1. The molecule has 0 spiro atoms. The highest BCUT2D eigenvalue weighted by molar-refractivity contribution is 6.55. The van der Waals surface area contributed by atoms with Crippen molar-refractivity contribution >= 4 is 25.3 Å². The minimum absolute atomic E-state index is 0.191. The standard InChI is InChI=1S/C3H4BClO2/c4-3(6)7-2-1-5/h1-2H2. The zero-order valence-corrected chi connectivity index (χ0v) is 4.44. The van der Waals surface area contributed by atoms with Crippen LogP contribution in [-0.4, -0.2) is 26.2 Å². The summed E-state index contributed by atoms with van der Waals surface area (Å²) in [4.78, 5) is 9.70. The molecule has 0 aromatic heterocycles. The molecule has 0 aromatic rings. The number of ether oxygens (including phenoxy) is 1. The van der Waals surface area contributed by atoms with Crippen molar-refractivity contribution in [2.24, 2.45) is 0 Å². The van der Waals surface area contributed by atoms with E-state index in [4.69, 9.17) is 11.6 Å². The lowest BCUT2D eigenvalue weighted by Gasteiger charge is -1.93. The van der Waals surface area contributed by atoms with Crippen LogP contribution in [0.4, 0.5) is 4.79 Å². The number of hydrogen-bond donors (Lipinski definition) is 0. The first-order valence-corrected chi connectivity index (χ1v) is 2.29. The Morgan fingerprint density at radius 1 is 1.86 bits per heavy atom. The molecule has 0 fully saturated rings. The highest BCUT2D eigenvalue weighted by atomic mass is 35.5. The Hall–Kier alpha value is -0.175. The van der Waals surface area contributed by atoms with Crippen LogP contribution in [0.15, 0.2) is 0 Å². The van der Waals surface area contributed by atoms with Gasteiger partial charge in [-0.2, -0.15) is 0 Å². The van der Waals surface area contributed by atoms with Gasteiger partial charge in [0.1, 0.15) is 6.61 Å².